The fourth-order valence-corrected chi connectivity index (χ4v) is 1.50. The van der Waals surface area contributed by atoms with Crippen LogP contribution in [0.25, 0.3) is 0 Å². The predicted molar refractivity (Wildman–Crippen MR) is 59.3 cm³/mol. The lowest BCUT2D eigenvalue weighted by Gasteiger charge is -2.11. The smallest absolute Gasteiger partial charge is 0.0552 e. The molecule has 0 aliphatic heterocycles. The molecule has 14 heavy (non-hydrogen) atoms. The summed E-state index contributed by atoms with van der Waals surface area (Å²) in [4.78, 5) is 0. The molecular weight excluding hydrogens is 174 g/mol. The summed E-state index contributed by atoms with van der Waals surface area (Å²) in [5.74, 6) is 0.393. The summed E-state index contributed by atoms with van der Waals surface area (Å²) in [6.45, 7) is 4.58. The molecule has 0 saturated carbocycles. The Labute approximate surface area is 85.8 Å². The SMILES string of the molecule is CC(O)Cc1cccc(C(C)CN)c1. The lowest BCUT2D eigenvalue weighted by molar-refractivity contribution is 0.195. The highest BCUT2D eigenvalue weighted by molar-refractivity contribution is 5.26. The average molecular weight is 193 g/mol. The van der Waals surface area contributed by atoms with E-state index < -0.39 is 0 Å². The van der Waals surface area contributed by atoms with E-state index >= 15 is 0 Å². The summed E-state index contributed by atoms with van der Waals surface area (Å²) in [6.07, 6.45) is 0.434. The second-order valence-corrected chi connectivity index (χ2v) is 3.93. The number of nitrogens with two attached hydrogens (primary N) is 1. The summed E-state index contributed by atoms with van der Waals surface area (Å²) < 4.78 is 0. The lowest BCUT2D eigenvalue weighted by Crippen LogP contribution is -2.10. The van der Waals surface area contributed by atoms with Crippen molar-refractivity contribution >= 4 is 0 Å². The van der Waals surface area contributed by atoms with Crippen molar-refractivity contribution in [3.05, 3.63) is 35.4 Å². The van der Waals surface area contributed by atoms with Crippen LogP contribution in [0.2, 0.25) is 0 Å². The van der Waals surface area contributed by atoms with Gasteiger partial charge in [-0.15, -0.1) is 0 Å². The Morgan fingerprint density at radius 1 is 1.36 bits per heavy atom. The van der Waals surface area contributed by atoms with E-state index in [0.29, 0.717) is 18.9 Å². The van der Waals surface area contributed by atoms with Gasteiger partial charge < -0.3 is 10.8 Å². The first kappa shape index (κ1) is 11.2. The van der Waals surface area contributed by atoms with Gasteiger partial charge >= 0.3 is 0 Å². The summed E-state index contributed by atoms with van der Waals surface area (Å²) in [5, 5.41) is 9.27. The molecule has 0 heterocycles. The van der Waals surface area contributed by atoms with Crippen molar-refractivity contribution < 1.29 is 5.11 Å². The van der Waals surface area contributed by atoms with Crippen molar-refractivity contribution in [3.63, 3.8) is 0 Å². The van der Waals surface area contributed by atoms with E-state index in [9.17, 15) is 5.11 Å². The molecule has 78 valence electrons. The zero-order chi connectivity index (χ0) is 10.6. The van der Waals surface area contributed by atoms with Crippen molar-refractivity contribution in [1.29, 1.82) is 0 Å². The fourth-order valence-electron chi connectivity index (χ4n) is 1.50. The van der Waals surface area contributed by atoms with Crippen LogP contribution < -0.4 is 5.73 Å². The molecule has 0 aliphatic rings. The van der Waals surface area contributed by atoms with Crippen LogP contribution in [-0.4, -0.2) is 17.8 Å². The fraction of sp³-hybridized carbons (Fsp3) is 0.500. The second kappa shape index (κ2) is 5.13. The minimum atomic E-state index is -0.279. The van der Waals surface area contributed by atoms with Gasteiger partial charge in [0.2, 0.25) is 0 Å². The Morgan fingerprint density at radius 2 is 2.07 bits per heavy atom. The quantitative estimate of drug-likeness (QED) is 0.764. The van der Waals surface area contributed by atoms with Gasteiger partial charge in [-0.3, -0.25) is 0 Å². The largest absolute Gasteiger partial charge is 0.393 e. The third-order valence-electron chi connectivity index (χ3n) is 2.40. The first-order chi connectivity index (χ1) is 6.63. The normalized spacial score (nSPS) is 15.1. The second-order valence-electron chi connectivity index (χ2n) is 3.93. The van der Waals surface area contributed by atoms with Crippen LogP contribution >= 0.6 is 0 Å². The molecule has 1 aromatic carbocycles. The zero-order valence-electron chi connectivity index (χ0n) is 8.90. The highest BCUT2D eigenvalue weighted by Crippen LogP contribution is 2.16. The maximum atomic E-state index is 9.27. The highest BCUT2D eigenvalue weighted by atomic mass is 16.3. The molecule has 0 aliphatic carbocycles. The number of hydrogen-bond donors (Lipinski definition) is 2. The molecule has 0 fully saturated rings. The minimum Gasteiger partial charge on any atom is -0.393 e. The van der Waals surface area contributed by atoms with Crippen LogP contribution in [0.5, 0.6) is 0 Å². The van der Waals surface area contributed by atoms with Crippen LogP contribution in [-0.2, 0) is 6.42 Å². The first-order valence-electron chi connectivity index (χ1n) is 5.10. The number of hydrogen-bond acceptors (Lipinski definition) is 2. The molecule has 0 aromatic heterocycles. The monoisotopic (exact) mass is 193 g/mol. The van der Waals surface area contributed by atoms with Gasteiger partial charge in [0.05, 0.1) is 6.10 Å². The maximum absolute atomic E-state index is 9.27. The number of aliphatic hydroxyl groups excluding tert-OH is 1. The van der Waals surface area contributed by atoms with Crippen molar-refractivity contribution in [2.45, 2.75) is 32.3 Å². The van der Waals surface area contributed by atoms with Crippen LogP contribution in [0.4, 0.5) is 0 Å². The molecule has 0 saturated heterocycles. The first-order valence-corrected chi connectivity index (χ1v) is 5.10. The van der Waals surface area contributed by atoms with Gasteiger partial charge in [0.15, 0.2) is 0 Å². The summed E-state index contributed by atoms with van der Waals surface area (Å²) in [5.41, 5.74) is 8.04. The van der Waals surface area contributed by atoms with Crippen molar-refractivity contribution in [1.82, 2.24) is 0 Å². The number of rotatable bonds is 4. The minimum absolute atomic E-state index is 0.279. The Hall–Kier alpha value is -0.860. The van der Waals surface area contributed by atoms with E-state index in [0.717, 1.165) is 0 Å². The molecule has 1 aromatic rings. The highest BCUT2D eigenvalue weighted by Gasteiger charge is 2.04. The molecule has 2 heteroatoms. The van der Waals surface area contributed by atoms with Gasteiger partial charge in [-0.1, -0.05) is 31.2 Å². The zero-order valence-corrected chi connectivity index (χ0v) is 8.90. The molecular formula is C12H19NO. The maximum Gasteiger partial charge on any atom is 0.0552 e. The van der Waals surface area contributed by atoms with Crippen molar-refractivity contribution in [2.24, 2.45) is 5.73 Å². The Balaban J connectivity index is 2.78. The number of aliphatic hydroxyl groups is 1. The molecule has 0 spiro atoms. The van der Waals surface area contributed by atoms with Gasteiger partial charge in [-0.05, 0) is 36.9 Å². The molecule has 2 nitrogen and oxygen atoms in total. The summed E-state index contributed by atoms with van der Waals surface area (Å²) in [7, 11) is 0. The van der Waals surface area contributed by atoms with Crippen LogP contribution in [0.15, 0.2) is 24.3 Å². The Bertz CT molecular complexity index is 283. The third kappa shape index (κ3) is 3.13. The molecule has 0 radical (unpaired) electrons. The van der Waals surface area contributed by atoms with Crippen LogP contribution in [0, 0.1) is 0 Å². The van der Waals surface area contributed by atoms with E-state index in [1.807, 2.05) is 12.1 Å². The van der Waals surface area contributed by atoms with Gasteiger partial charge in [-0.2, -0.15) is 0 Å². The van der Waals surface area contributed by atoms with Gasteiger partial charge in [0.25, 0.3) is 0 Å². The molecule has 2 atom stereocenters. The Kier molecular flexibility index (Phi) is 4.11. The molecule has 0 amide bonds. The number of benzene rings is 1. The third-order valence-corrected chi connectivity index (χ3v) is 2.40. The molecule has 3 N–H and O–H groups in total. The topological polar surface area (TPSA) is 46.2 Å². The summed E-state index contributed by atoms with van der Waals surface area (Å²) >= 11 is 0. The molecule has 1 rings (SSSR count). The van der Waals surface area contributed by atoms with E-state index in [2.05, 4.69) is 19.1 Å². The van der Waals surface area contributed by atoms with Gasteiger partial charge in [0, 0.05) is 0 Å². The van der Waals surface area contributed by atoms with Gasteiger partial charge in [0.1, 0.15) is 0 Å². The van der Waals surface area contributed by atoms with E-state index in [1.54, 1.807) is 6.92 Å². The average Bonchev–Trinajstić information content (AvgIpc) is 2.16. The van der Waals surface area contributed by atoms with Crippen LogP contribution in [0.3, 0.4) is 0 Å². The molecule has 0 bridgehead atoms. The van der Waals surface area contributed by atoms with E-state index in [1.165, 1.54) is 11.1 Å². The standard InChI is InChI=1S/C12H19NO/c1-9(8-13)12-5-3-4-11(7-12)6-10(2)14/h3-5,7,9-10,14H,6,8,13H2,1-2H3. The lowest BCUT2D eigenvalue weighted by atomic mass is 9.97. The van der Waals surface area contributed by atoms with Crippen LogP contribution in [0.1, 0.15) is 30.9 Å². The predicted octanol–water partition coefficient (Wildman–Crippen LogP) is 1.67. The van der Waals surface area contributed by atoms with Crippen molar-refractivity contribution in [3.8, 4) is 0 Å². The van der Waals surface area contributed by atoms with Crippen molar-refractivity contribution in [2.75, 3.05) is 6.54 Å². The summed E-state index contributed by atoms with van der Waals surface area (Å²) in [6, 6.07) is 8.28. The van der Waals surface area contributed by atoms with E-state index in [4.69, 9.17) is 5.73 Å². The van der Waals surface area contributed by atoms with E-state index in [-0.39, 0.29) is 6.10 Å². The Morgan fingerprint density at radius 3 is 2.64 bits per heavy atom. The molecule has 2 unspecified atom stereocenters. The van der Waals surface area contributed by atoms with Gasteiger partial charge in [-0.25, -0.2) is 0 Å².